The summed E-state index contributed by atoms with van der Waals surface area (Å²) in [5.74, 6) is -1.81. The molecule has 1 aliphatic rings. The summed E-state index contributed by atoms with van der Waals surface area (Å²) in [6.45, 7) is 0. The van der Waals surface area contributed by atoms with Crippen LogP contribution in [-0.2, 0) is 9.59 Å². The quantitative estimate of drug-likeness (QED) is 0.528. The minimum Gasteiger partial charge on any atom is -0.373 e. The van der Waals surface area contributed by atoms with Crippen molar-refractivity contribution in [3.8, 4) is 0 Å². The van der Waals surface area contributed by atoms with Crippen LogP contribution in [0, 0.1) is 15.9 Å². The number of para-hydroxylation sites is 1. The van der Waals surface area contributed by atoms with Gasteiger partial charge in [0.15, 0.2) is 0 Å². The molecular weight excluding hydrogens is 317 g/mol. The van der Waals surface area contributed by atoms with Gasteiger partial charge in [0.25, 0.3) is 11.6 Å². The van der Waals surface area contributed by atoms with Crippen LogP contribution in [0.3, 0.4) is 0 Å². The fraction of sp³-hybridized carbons (Fsp3) is 0.125. The van der Waals surface area contributed by atoms with E-state index in [4.69, 9.17) is 0 Å². The van der Waals surface area contributed by atoms with Crippen LogP contribution >= 0.6 is 0 Å². The third-order valence-electron chi connectivity index (χ3n) is 3.64. The van der Waals surface area contributed by atoms with Gasteiger partial charge in [0, 0.05) is 17.8 Å². The molecule has 24 heavy (non-hydrogen) atoms. The topological polar surface area (TPSA) is 92.5 Å². The molecule has 0 radical (unpaired) electrons. The Morgan fingerprint density at radius 1 is 1.17 bits per heavy atom. The van der Waals surface area contributed by atoms with E-state index >= 15 is 0 Å². The highest BCUT2D eigenvalue weighted by Crippen LogP contribution is 2.27. The van der Waals surface area contributed by atoms with E-state index in [0.29, 0.717) is 5.69 Å². The maximum absolute atomic E-state index is 13.8. The highest BCUT2D eigenvalue weighted by molar-refractivity contribution is 6.23. The standard InChI is InChI=1S/C16H12FN3O4/c17-12-6-1-2-7-14(12)19-15(21)9-13(16(19)22)18-10-4-3-5-11(8-10)20(23)24/h1-8,13,18H,9H2/t13-/m0/s1. The van der Waals surface area contributed by atoms with Crippen molar-refractivity contribution < 1.29 is 18.9 Å². The van der Waals surface area contributed by atoms with Crippen LogP contribution in [0.1, 0.15) is 6.42 Å². The van der Waals surface area contributed by atoms with Crippen LogP contribution < -0.4 is 10.2 Å². The Labute approximate surface area is 135 Å². The van der Waals surface area contributed by atoms with E-state index in [1.165, 1.54) is 36.4 Å². The average Bonchev–Trinajstić information content (AvgIpc) is 2.82. The van der Waals surface area contributed by atoms with E-state index in [0.717, 1.165) is 11.0 Å². The number of hydrogen-bond acceptors (Lipinski definition) is 5. The zero-order valence-electron chi connectivity index (χ0n) is 12.3. The molecule has 7 nitrogen and oxygen atoms in total. The van der Waals surface area contributed by atoms with Crippen molar-refractivity contribution in [1.29, 1.82) is 0 Å². The Hall–Kier alpha value is -3.29. The van der Waals surface area contributed by atoms with Gasteiger partial charge in [0.1, 0.15) is 11.9 Å². The fourth-order valence-corrected chi connectivity index (χ4v) is 2.54. The molecule has 1 saturated heterocycles. The van der Waals surface area contributed by atoms with Gasteiger partial charge < -0.3 is 5.32 Å². The molecule has 1 aliphatic heterocycles. The third kappa shape index (κ3) is 2.81. The van der Waals surface area contributed by atoms with Crippen molar-refractivity contribution in [2.45, 2.75) is 12.5 Å². The number of rotatable bonds is 4. The highest BCUT2D eigenvalue weighted by Gasteiger charge is 2.40. The van der Waals surface area contributed by atoms with E-state index in [9.17, 15) is 24.1 Å². The molecule has 0 saturated carbocycles. The normalized spacial score (nSPS) is 17.2. The van der Waals surface area contributed by atoms with Crippen LogP contribution in [-0.4, -0.2) is 22.8 Å². The summed E-state index contributed by atoms with van der Waals surface area (Å²) in [5.41, 5.74) is 0.101. The largest absolute Gasteiger partial charge is 0.373 e. The Bertz CT molecular complexity index is 840. The SMILES string of the molecule is O=C1C[C@H](Nc2cccc([N+](=O)[O-])c2)C(=O)N1c1ccccc1F. The van der Waals surface area contributed by atoms with Crippen LogP contribution in [0.4, 0.5) is 21.5 Å². The summed E-state index contributed by atoms with van der Waals surface area (Å²) < 4.78 is 13.8. The minimum absolute atomic E-state index is 0.101. The van der Waals surface area contributed by atoms with Gasteiger partial charge in [-0.25, -0.2) is 9.29 Å². The van der Waals surface area contributed by atoms with Crippen molar-refractivity contribution in [3.63, 3.8) is 0 Å². The number of anilines is 2. The van der Waals surface area contributed by atoms with Gasteiger partial charge in [-0.1, -0.05) is 18.2 Å². The summed E-state index contributed by atoms with van der Waals surface area (Å²) >= 11 is 0. The predicted molar refractivity (Wildman–Crippen MR) is 84.0 cm³/mol. The van der Waals surface area contributed by atoms with E-state index < -0.39 is 28.6 Å². The lowest BCUT2D eigenvalue weighted by Crippen LogP contribution is -2.35. The molecule has 1 heterocycles. The van der Waals surface area contributed by atoms with Gasteiger partial charge in [-0.2, -0.15) is 0 Å². The second kappa shape index (κ2) is 6.07. The maximum atomic E-state index is 13.8. The monoisotopic (exact) mass is 329 g/mol. The molecule has 0 spiro atoms. The van der Waals surface area contributed by atoms with Gasteiger partial charge in [0.2, 0.25) is 5.91 Å². The zero-order valence-corrected chi connectivity index (χ0v) is 12.3. The maximum Gasteiger partial charge on any atom is 0.271 e. The number of hydrogen-bond donors (Lipinski definition) is 1. The van der Waals surface area contributed by atoms with Crippen LogP contribution in [0.5, 0.6) is 0 Å². The zero-order chi connectivity index (χ0) is 17.3. The average molecular weight is 329 g/mol. The third-order valence-corrected chi connectivity index (χ3v) is 3.64. The second-order valence-electron chi connectivity index (χ2n) is 5.23. The van der Waals surface area contributed by atoms with Crippen molar-refractivity contribution >= 4 is 28.9 Å². The number of nitro groups is 1. The molecule has 0 bridgehead atoms. The van der Waals surface area contributed by atoms with E-state index in [1.807, 2.05) is 0 Å². The van der Waals surface area contributed by atoms with Crippen molar-refractivity contribution in [2.24, 2.45) is 0 Å². The van der Waals surface area contributed by atoms with E-state index in [2.05, 4.69) is 5.32 Å². The molecule has 1 fully saturated rings. The summed E-state index contributed by atoms with van der Waals surface area (Å²) in [6.07, 6.45) is -0.157. The molecule has 3 rings (SSSR count). The number of carbonyl (C=O) groups is 2. The van der Waals surface area contributed by atoms with Gasteiger partial charge in [0.05, 0.1) is 17.0 Å². The molecule has 0 unspecified atom stereocenters. The molecule has 1 N–H and O–H groups in total. The molecule has 2 aromatic rings. The van der Waals surface area contributed by atoms with E-state index in [1.54, 1.807) is 6.07 Å². The highest BCUT2D eigenvalue weighted by atomic mass is 19.1. The van der Waals surface area contributed by atoms with Gasteiger partial charge >= 0.3 is 0 Å². The predicted octanol–water partition coefficient (Wildman–Crippen LogP) is 2.48. The van der Waals surface area contributed by atoms with Crippen LogP contribution in [0.15, 0.2) is 48.5 Å². The van der Waals surface area contributed by atoms with Crippen molar-refractivity contribution in [3.05, 3.63) is 64.5 Å². The molecule has 8 heteroatoms. The molecule has 2 amide bonds. The Morgan fingerprint density at radius 2 is 1.92 bits per heavy atom. The molecule has 1 atom stereocenters. The summed E-state index contributed by atoms with van der Waals surface area (Å²) in [6, 6.07) is 10.2. The first kappa shape index (κ1) is 15.6. The number of nitrogens with one attached hydrogen (secondary N) is 1. The van der Waals surface area contributed by atoms with E-state index in [-0.39, 0.29) is 17.8 Å². The Balaban J connectivity index is 1.83. The van der Waals surface area contributed by atoms with Crippen LogP contribution in [0.25, 0.3) is 0 Å². The molecule has 0 aromatic heterocycles. The lowest BCUT2D eigenvalue weighted by atomic mass is 10.2. The Morgan fingerprint density at radius 3 is 2.62 bits per heavy atom. The first-order valence-corrected chi connectivity index (χ1v) is 7.09. The second-order valence-corrected chi connectivity index (χ2v) is 5.23. The minimum atomic E-state index is -0.904. The molecule has 0 aliphatic carbocycles. The Kier molecular flexibility index (Phi) is 3.95. The van der Waals surface area contributed by atoms with Gasteiger partial charge in [-0.15, -0.1) is 0 Å². The number of benzene rings is 2. The van der Waals surface area contributed by atoms with Crippen LogP contribution in [0.2, 0.25) is 0 Å². The smallest absolute Gasteiger partial charge is 0.271 e. The molecule has 122 valence electrons. The number of non-ortho nitro benzene ring substituents is 1. The van der Waals surface area contributed by atoms with Crippen molar-refractivity contribution in [2.75, 3.05) is 10.2 Å². The number of nitrogens with zero attached hydrogens (tertiary/aromatic N) is 2. The molecular formula is C16H12FN3O4. The molecule has 2 aromatic carbocycles. The summed E-state index contributed by atoms with van der Waals surface area (Å²) in [5, 5.41) is 13.6. The summed E-state index contributed by atoms with van der Waals surface area (Å²) in [4.78, 5) is 35.6. The van der Waals surface area contributed by atoms with Crippen molar-refractivity contribution in [1.82, 2.24) is 0 Å². The lowest BCUT2D eigenvalue weighted by Gasteiger charge is -2.16. The number of amides is 2. The first-order chi connectivity index (χ1) is 11.5. The lowest BCUT2D eigenvalue weighted by molar-refractivity contribution is -0.384. The first-order valence-electron chi connectivity index (χ1n) is 7.09. The number of nitro benzene ring substituents is 1. The number of imide groups is 1. The fourth-order valence-electron chi connectivity index (χ4n) is 2.54. The number of carbonyl (C=O) groups excluding carboxylic acids is 2. The number of halogens is 1. The van der Waals surface area contributed by atoms with Gasteiger partial charge in [-0.05, 0) is 18.2 Å². The van der Waals surface area contributed by atoms with Gasteiger partial charge in [-0.3, -0.25) is 19.7 Å². The summed E-state index contributed by atoms with van der Waals surface area (Å²) in [7, 11) is 0.